The fourth-order valence-corrected chi connectivity index (χ4v) is 1.26. The fraction of sp³-hybridized carbons (Fsp3) is 0.417. The monoisotopic (exact) mass is 247 g/mol. The molecule has 0 fully saturated rings. The van der Waals surface area contributed by atoms with E-state index in [4.69, 9.17) is 5.73 Å². The Labute approximate surface area is 98.6 Å². The van der Waals surface area contributed by atoms with E-state index in [1.807, 2.05) is 13.8 Å². The molecule has 0 atom stereocenters. The van der Waals surface area contributed by atoms with Crippen LogP contribution in [0, 0.1) is 0 Å². The van der Waals surface area contributed by atoms with E-state index in [9.17, 15) is 18.0 Å². The molecule has 0 saturated heterocycles. The summed E-state index contributed by atoms with van der Waals surface area (Å²) in [7, 11) is 0. The molecule has 17 heavy (non-hydrogen) atoms. The molecule has 0 aliphatic carbocycles. The van der Waals surface area contributed by atoms with Crippen molar-refractivity contribution >= 4 is 5.91 Å². The zero-order chi connectivity index (χ0) is 13.6. The Morgan fingerprint density at radius 2 is 1.82 bits per heavy atom. The Morgan fingerprint density at radius 3 is 2.18 bits per heavy atom. The van der Waals surface area contributed by atoms with Gasteiger partial charge in [-0.05, 0) is 24.1 Å². The van der Waals surface area contributed by atoms with E-state index in [1.165, 1.54) is 6.07 Å². The molecule has 0 bridgehead atoms. The van der Waals surface area contributed by atoms with Gasteiger partial charge in [-0.1, -0.05) is 26.8 Å². The lowest BCUT2D eigenvalue weighted by Gasteiger charge is -2.11. The van der Waals surface area contributed by atoms with Gasteiger partial charge in [0.15, 0.2) is 0 Å². The first-order valence-electron chi connectivity index (χ1n) is 5.36. The van der Waals surface area contributed by atoms with Gasteiger partial charge in [0.1, 0.15) is 0 Å². The van der Waals surface area contributed by atoms with E-state index in [-0.39, 0.29) is 0 Å². The lowest BCUT2D eigenvalue weighted by Crippen LogP contribution is -2.19. The molecule has 0 radical (unpaired) electrons. The van der Waals surface area contributed by atoms with Gasteiger partial charge >= 0.3 is 6.18 Å². The van der Waals surface area contributed by atoms with Gasteiger partial charge in [0.05, 0.1) is 11.1 Å². The van der Waals surface area contributed by atoms with Crippen molar-refractivity contribution in [1.29, 1.82) is 0 Å². The zero-order valence-electron chi connectivity index (χ0n) is 10.1. The van der Waals surface area contributed by atoms with Gasteiger partial charge in [-0.3, -0.25) is 4.79 Å². The number of hydrogen-bond acceptors (Lipinski definition) is 1. The maximum atomic E-state index is 12.5. The molecule has 2 N–H and O–H groups in total. The minimum absolute atomic E-state index is 0.474. The summed E-state index contributed by atoms with van der Waals surface area (Å²) in [5.41, 5.74) is 3.93. The molecule has 0 aromatic heterocycles. The van der Waals surface area contributed by atoms with Gasteiger partial charge in [0.2, 0.25) is 5.91 Å². The van der Waals surface area contributed by atoms with Crippen LogP contribution in [0.1, 0.15) is 42.3 Å². The molecular formula is C12H16F3NO. The van der Waals surface area contributed by atoms with Gasteiger partial charge in [-0.15, -0.1) is 0 Å². The van der Waals surface area contributed by atoms with Crippen LogP contribution in [0.15, 0.2) is 18.2 Å². The van der Waals surface area contributed by atoms with E-state index in [0.29, 0.717) is 12.0 Å². The minimum Gasteiger partial charge on any atom is -0.366 e. The first-order valence-corrected chi connectivity index (χ1v) is 5.36. The average Bonchev–Trinajstić information content (AvgIpc) is 2.29. The van der Waals surface area contributed by atoms with Gasteiger partial charge < -0.3 is 5.73 Å². The number of amides is 1. The van der Waals surface area contributed by atoms with Crippen molar-refractivity contribution in [1.82, 2.24) is 0 Å². The molecule has 5 heteroatoms. The number of rotatable bonds is 2. The summed E-state index contributed by atoms with van der Waals surface area (Å²) in [5, 5.41) is 0. The molecule has 0 aliphatic heterocycles. The SMILES string of the molecule is CC.CCc1ccc(C(N)=O)c(C(F)(F)F)c1. The van der Waals surface area contributed by atoms with Gasteiger partial charge in [-0.25, -0.2) is 0 Å². The van der Waals surface area contributed by atoms with Gasteiger partial charge in [0, 0.05) is 0 Å². The van der Waals surface area contributed by atoms with Crippen LogP contribution in [0.3, 0.4) is 0 Å². The third-order valence-electron chi connectivity index (χ3n) is 2.06. The third kappa shape index (κ3) is 4.09. The highest BCUT2D eigenvalue weighted by atomic mass is 19.4. The van der Waals surface area contributed by atoms with Crippen LogP contribution in [0.4, 0.5) is 13.2 Å². The molecular weight excluding hydrogens is 231 g/mol. The summed E-state index contributed by atoms with van der Waals surface area (Å²) in [6.07, 6.45) is -4.07. The summed E-state index contributed by atoms with van der Waals surface area (Å²) in [6, 6.07) is 3.54. The topological polar surface area (TPSA) is 43.1 Å². The largest absolute Gasteiger partial charge is 0.417 e. The Balaban J connectivity index is 0.00000121. The molecule has 1 aromatic rings. The average molecular weight is 247 g/mol. The smallest absolute Gasteiger partial charge is 0.366 e. The van der Waals surface area contributed by atoms with Crippen molar-refractivity contribution < 1.29 is 18.0 Å². The highest BCUT2D eigenvalue weighted by Crippen LogP contribution is 2.32. The van der Waals surface area contributed by atoms with Crippen LogP contribution in [0.25, 0.3) is 0 Å². The highest BCUT2D eigenvalue weighted by Gasteiger charge is 2.34. The standard InChI is InChI=1S/C10H10F3NO.C2H6/c1-2-6-3-4-7(9(14)15)8(5-6)10(11,12)13;1-2/h3-5H,2H2,1H3,(H2,14,15);1-2H3. The van der Waals surface area contributed by atoms with Crippen LogP contribution in [-0.4, -0.2) is 5.91 Å². The van der Waals surface area contributed by atoms with Crippen molar-refractivity contribution in [3.05, 3.63) is 34.9 Å². The van der Waals surface area contributed by atoms with E-state index >= 15 is 0 Å². The van der Waals surface area contributed by atoms with Crippen molar-refractivity contribution in [2.75, 3.05) is 0 Å². The number of nitrogens with two attached hydrogens (primary N) is 1. The molecule has 2 nitrogen and oxygen atoms in total. The van der Waals surface area contributed by atoms with Crippen molar-refractivity contribution in [3.63, 3.8) is 0 Å². The van der Waals surface area contributed by atoms with Crippen LogP contribution in [-0.2, 0) is 12.6 Å². The Kier molecular flexibility index (Phi) is 5.71. The van der Waals surface area contributed by atoms with E-state index < -0.39 is 23.2 Å². The number of carbonyl (C=O) groups is 1. The zero-order valence-corrected chi connectivity index (χ0v) is 10.1. The highest BCUT2D eigenvalue weighted by molar-refractivity contribution is 5.94. The summed E-state index contributed by atoms with van der Waals surface area (Å²) >= 11 is 0. The van der Waals surface area contributed by atoms with Crippen molar-refractivity contribution in [2.45, 2.75) is 33.4 Å². The molecule has 1 aromatic carbocycles. The fourth-order valence-electron chi connectivity index (χ4n) is 1.26. The first-order chi connectivity index (χ1) is 7.86. The van der Waals surface area contributed by atoms with Gasteiger partial charge in [0.25, 0.3) is 0 Å². The van der Waals surface area contributed by atoms with Crippen LogP contribution in [0.5, 0.6) is 0 Å². The number of benzene rings is 1. The molecule has 0 heterocycles. The predicted octanol–water partition coefficient (Wildman–Crippen LogP) is 3.39. The lowest BCUT2D eigenvalue weighted by atomic mass is 10.0. The number of carbonyl (C=O) groups excluding carboxylic acids is 1. The lowest BCUT2D eigenvalue weighted by molar-refractivity contribution is -0.138. The number of aryl methyl sites for hydroxylation is 1. The third-order valence-corrected chi connectivity index (χ3v) is 2.06. The van der Waals surface area contributed by atoms with Crippen molar-refractivity contribution in [3.8, 4) is 0 Å². The summed E-state index contributed by atoms with van der Waals surface area (Å²) in [6.45, 7) is 5.74. The Hall–Kier alpha value is -1.52. The van der Waals surface area contributed by atoms with Crippen LogP contribution < -0.4 is 5.73 Å². The second-order valence-corrected chi connectivity index (χ2v) is 3.10. The number of alkyl halides is 3. The van der Waals surface area contributed by atoms with Crippen LogP contribution in [0.2, 0.25) is 0 Å². The first kappa shape index (κ1) is 15.5. The number of halogens is 3. The van der Waals surface area contributed by atoms with E-state index in [0.717, 1.165) is 12.1 Å². The molecule has 0 saturated carbocycles. The summed E-state index contributed by atoms with van der Waals surface area (Å²) in [4.78, 5) is 10.8. The Morgan fingerprint density at radius 1 is 1.29 bits per heavy atom. The van der Waals surface area contributed by atoms with E-state index in [2.05, 4.69) is 0 Å². The maximum Gasteiger partial charge on any atom is 0.417 e. The Bertz CT molecular complexity index is 386. The maximum absolute atomic E-state index is 12.5. The molecule has 96 valence electrons. The van der Waals surface area contributed by atoms with Crippen molar-refractivity contribution in [2.24, 2.45) is 5.73 Å². The summed E-state index contributed by atoms with van der Waals surface area (Å²) in [5.74, 6) is -1.06. The summed E-state index contributed by atoms with van der Waals surface area (Å²) < 4.78 is 37.6. The molecule has 0 aliphatic rings. The quantitative estimate of drug-likeness (QED) is 0.855. The number of primary amides is 1. The van der Waals surface area contributed by atoms with E-state index in [1.54, 1.807) is 6.92 Å². The second-order valence-electron chi connectivity index (χ2n) is 3.10. The van der Waals surface area contributed by atoms with Gasteiger partial charge in [-0.2, -0.15) is 13.2 Å². The number of hydrogen-bond donors (Lipinski definition) is 1. The predicted molar refractivity (Wildman–Crippen MR) is 60.7 cm³/mol. The minimum atomic E-state index is -4.55. The molecule has 0 spiro atoms. The molecule has 0 unspecified atom stereocenters. The molecule has 1 amide bonds. The molecule has 1 rings (SSSR count). The normalized spacial score (nSPS) is 10.5. The second kappa shape index (κ2) is 6.27. The van der Waals surface area contributed by atoms with Crippen LogP contribution >= 0.6 is 0 Å².